The Kier molecular flexibility index (Phi) is 4.48. The molecule has 0 aliphatic rings. The van der Waals surface area contributed by atoms with E-state index in [1.165, 1.54) is 30.3 Å². The van der Waals surface area contributed by atoms with Gasteiger partial charge in [-0.2, -0.15) is 4.80 Å². The average Bonchev–Trinajstić information content (AvgIpc) is 2.98. The highest BCUT2D eigenvalue weighted by molar-refractivity contribution is 6.33. The van der Waals surface area contributed by atoms with Crippen molar-refractivity contribution >= 4 is 23.2 Å². The first-order valence-corrected chi connectivity index (χ1v) is 7.18. The summed E-state index contributed by atoms with van der Waals surface area (Å²) in [6, 6.07) is 9.33. The number of tetrazole rings is 1. The van der Waals surface area contributed by atoms with E-state index in [2.05, 4.69) is 20.7 Å². The lowest BCUT2D eigenvalue weighted by molar-refractivity contribution is -0.117. The summed E-state index contributed by atoms with van der Waals surface area (Å²) in [4.78, 5) is 13.0. The van der Waals surface area contributed by atoms with E-state index in [0.717, 1.165) is 10.9 Å². The van der Waals surface area contributed by atoms with Crippen LogP contribution < -0.4 is 5.32 Å². The first-order valence-electron chi connectivity index (χ1n) is 6.80. The molecule has 2 aromatic carbocycles. The quantitative estimate of drug-likeness (QED) is 0.786. The van der Waals surface area contributed by atoms with Crippen molar-refractivity contribution < 1.29 is 13.6 Å². The number of rotatable bonds is 4. The van der Waals surface area contributed by atoms with Gasteiger partial charge in [0.25, 0.3) is 0 Å². The molecule has 1 amide bonds. The van der Waals surface area contributed by atoms with E-state index in [1.807, 2.05) is 0 Å². The molecule has 3 aromatic rings. The summed E-state index contributed by atoms with van der Waals surface area (Å²) in [5.74, 6) is -1.20. The molecule has 0 radical (unpaired) electrons. The zero-order chi connectivity index (χ0) is 17.1. The molecule has 122 valence electrons. The zero-order valence-corrected chi connectivity index (χ0v) is 12.8. The van der Waals surface area contributed by atoms with E-state index in [9.17, 15) is 13.6 Å². The van der Waals surface area contributed by atoms with E-state index < -0.39 is 17.5 Å². The van der Waals surface area contributed by atoms with Crippen LogP contribution in [0.3, 0.4) is 0 Å². The molecule has 0 bridgehead atoms. The highest BCUT2D eigenvalue weighted by Crippen LogP contribution is 2.22. The molecule has 0 saturated heterocycles. The Hall–Kier alpha value is -2.87. The van der Waals surface area contributed by atoms with Crippen molar-refractivity contribution in [3.05, 3.63) is 59.1 Å². The van der Waals surface area contributed by atoms with Gasteiger partial charge in [-0.1, -0.05) is 23.7 Å². The van der Waals surface area contributed by atoms with Crippen molar-refractivity contribution in [3.63, 3.8) is 0 Å². The lowest BCUT2D eigenvalue weighted by Gasteiger charge is -2.06. The van der Waals surface area contributed by atoms with Crippen LogP contribution in [-0.2, 0) is 11.3 Å². The Bertz CT molecular complexity index is 899. The van der Waals surface area contributed by atoms with E-state index in [0.29, 0.717) is 5.56 Å². The summed E-state index contributed by atoms with van der Waals surface area (Å²) in [5, 5.41) is 14.1. The number of nitrogens with zero attached hydrogens (tertiary/aromatic N) is 4. The molecule has 0 atom stereocenters. The minimum Gasteiger partial charge on any atom is -0.323 e. The SMILES string of the molecule is O=C(Cn1nnc(-c2cccc(F)c2)n1)Nc1ccc(F)cc1Cl. The third kappa shape index (κ3) is 3.72. The van der Waals surface area contributed by atoms with E-state index in [1.54, 1.807) is 6.07 Å². The summed E-state index contributed by atoms with van der Waals surface area (Å²) in [7, 11) is 0. The summed E-state index contributed by atoms with van der Waals surface area (Å²) >= 11 is 5.83. The summed E-state index contributed by atoms with van der Waals surface area (Å²) in [6.07, 6.45) is 0. The molecule has 1 heterocycles. The van der Waals surface area contributed by atoms with Gasteiger partial charge in [0, 0.05) is 5.56 Å². The number of aromatic nitrogens is 4. The number of carbonyl (C=O) groups excluding carboxylic acids is 1. The van der Waals surface area contributed by atoms with Gasteiger partial charge in [-0.3, -0.25) is 4.79 Å². The molecule has 1 N–H and O–H groups in total. The molecule has 0 fully saturated rings. The van der Waals surface area contributed by atoms with Crippen LogP contribution in [0.4, 0.5) is 14.5 Å². The Morgan fingerprint density at radius 3 is 2.71 bits per heavy atom. The van der Waals surface area contributed by atoms with Gasteiger partial charge in [0.05, 0.1) is 10.7 Å². The lowest BCUT2D eigenvalue weighted by Crippen LogP contribution is -2.20. The van der Waals surface area contributed by atoms with Crippen molar-refractivity contribution in [2.75, 3.05) is 5.32 Å². The first-order chi connectivity index (χ1) is 11.5. The number of benzene rings is 2. The number of carbonyl (C=O) groups is 1. The van der Waals surface area contributed by atoms with Crippen LogP contribution in [-0.4, -0.2) is 26.1 Å². The minimum absolute atomic E-state index is 0.0790. The van der Waals surface area contributed by atoms with Crippen molar-refractivity contribution in [1.82, 2.24) is 20.2 Å². The van der Waals surface area contributed by atoms with Gasteiger partial charge in [0.1, 0.15) is 18.2 Å². The van der Waals surface area contributed by atoms with Gasteiger partial charge in [0.2, 0.25) is 11.7 Å². The second kappa shape index (κ2) is 6.71. The maximum atomic E-state index is 13.2. The Labute approximate surface area is 140 Å². The Morgan fingerprint density at radius 1 is 1.17 bits per heavy atom. The van der Waals surface area contributed by atoms with Crippen molar-refractivity contribution in [2.24, 2.45) is 0 Å². The topological polar surface area (TPSA) is 72.7 Å². The van der Waals surface area contributed by atoms with Crippen LogP contribution in [0, 0.1) is 11.6 Å². The van der Waals surface area contributed by atoms with Gasteiger partial charge in [-0.05, 0) is 35.5 Å². The van der Waals surface area contributed by atoms with E-state index in [4.69, 9.17) is 11.6 Å². The maximum Gasteiger partial charge on any atom is 0.248 e. The van der Waals surface area contributed by atoms with Gasteiger partial charge in [-0.25, -0.2) is 8.78 Å². The second-order valence-corrected chi connectivity index (χ2v) is 5.23. The van der Waals surface area contributed by atoms with Crippen LogP contribution in [0.1, 0.15) is 0 Å². The third-order valence-electron chi connectivity index (χ3n) is 3.03. The number of hydrogen-bond donors (Lipinski definition) is 1. The first kappa shape index (κ1) is 16.0. The van der Waals surface area contributed by atoms with Crippen LogP contribution in [0.15, 0.2) is 42.5 Å². The number of halogens is 3. The largest absolute Gasteiger partial charge is 0.323 e. The maximum absolute atomic E-state index is 13.2. The van der Waals surface area contributed by atoms with Gasteiger partial charge < -0.3 is 5.32 Å². The fourth-order valence-electron chi connectivity index (χ4n) is 1.96. The predicted octanol–water partition coefficient (Wildman–Crippen LogP) is 2.91. The van der Waals surface area contributed by atoms with Gasteiger partial charge in [-0.15, -0.1) is 10.2 Å². The van der Waals surface area contributed by atoms with Crippen molar-refractivity contribution in [1.29, 1.82) is 0 Å². The second-order valence-electron chi connectivity index (χ2n) is 4.83. The van der Waals surface area contributed by atoms with Gasteiger partial charge in [0.15, 0.2) is 0 Å². The molecule has 0 spiro atoms. The molecule has 0 aliphatic carbocycles. The fourth-order valence-corrected chi connectivity index (χ4v) is 2.18. The fraction of sp³-hybridized carbons (Fsp3) is 0.0667. The summed E-state index contributed by atoms with van der Waals surface area (Å²) < 4.78 is 26.2. The smallest absolute Gasteiger partial charge is 0.248 e. The summed E-state index contributed by atoms with van der Waals surface area (Å²) in [5.41, 5.74) is 0.719. The molecule has 24 heavy (non-hydrogen) atoms. The average molecular weight is 350 g/mol. The van der Waals surface area contributed by atoms with Crippen molar-refractivity contribution in [3.8, 4) is 11.4 Å². The van der Waals surface area contributed by atoms with E-state index >= 15 is 0 Å². The Morgan fingerprint density at radius 2 is 1.96 bits per heavy atom. The standard InChI is InChI=1S/C15H10ClF2N5O/c16-12-7-11(18)4-5-13(12)19-14(24)8-23-21-15(20-22-23)9-2-1-3-10(17)6-9/h1-7H,8H2,(H,19,24). The third-order valence-corrected chi connectivity index (χ3v) is 3.34. The molecule has 1 aromatic heterocycles. The Balaban J connectivity index is 1.69. The molecule has 0 unspecified atom stereocenters. The number of hydrogen-bond acceptors (Lipinski definition) is 4. The lowest BCUT2D eigenvalue weighted by atomic mass is 10.2. The van der Waals surface area contributed by atoms with E-state index in [-0.39, 0.29) is 23.1 Å². The predicted molar refractivity (Wildman–Crippen MR) is 83.3 cm³/mol. The normalized spacial score (nSPS) is 10.6. The molecule has 9 heteroatoms. The van der Waals surface area contributed by atoms with Crippen molar-refractivity contribution in [2.45, 2.75) is 6.54 Å². The van der Waals surface area contributed by atoms with Crippen LogP contribution in [0.25, 0.3) is 11.4 Å². The minimum atomic E-state index is -0.504. The van der Waals surface area contributed by atoms with Crippen LogP contribution >= 0.6 is 11.6 Å². The van der Waals surface area contributed by atoms with Crippen LogP contribution in [0.2, 0.25) is 5.02 Å². The molecule has 6 nitrogen and oxygen atoms in total. The monoisotopic (exact) mass is 349 g/mol. The summed E-state index contributed by atoms with van der Waals surface area (Å²) in [6.45, 7) is -0.226. The number of anilines is 1. The molecule has 0 aliphatic heterocycles. The zero-order valence-electron chi connectivity index (χ0n) is 12.1. The number of nitrogens with one attached hydrogen (secondary N) is 1. The molecular formula is C15H10ClF2N5O. The highest BCUT2D eigenvalue weighted by Gasteiger charge is 2.11. The molecule has 0 saturated carbocycles. The molecular weight excluding hydrogens is 340 g/mol. The van der Waals surface area contributed by atoms with Crippen LogP contribution in [0.5, 0.6) is 0 Å². The molecule has 3 rings (SSSR count). The highest BCUT2D eigenvalue weighted by atomic mass is 35.5. The van der Waals surface area contributed by atoms with Gasteiger partial charge >= 0.3 is 0 Å². The number of amides is 1.